The molecule has 0 saturated carbocycles. The maximum atomic E-state index is 12.1. The zero-order chi connectivity index (χ0) is 13.6. The number of benzene rings is 1. The van der Waals surface area contributed by atoms with E-state index in [0.717, 1.165) is 12.0 Å². The number of hydrogen-bond acceptors (Lipinski definition) is 2. The highest BCUT2D eigenvalue weighted by Crippen LogP contribution is 2.22. The Balaban J connectivity index is 2.55. The van der Waals surface area contributed by atoms with Crippen LogP contribution in [0.15, 0.2) is 30.3 Å². The zero-order valence-corrected chi connectivity index (χ0v) is 11.4. The Kier molecular flexibility index (Phi) is 5.35. The van der Waals surface area contributed by atoms with Crippen LogP contribution in [0.25, 0.3) is 0 Å². The van der Waals surface area contributed by atoms with Gasteiger partial charge in [-0.2, -0.15) is 0 Å². The van der Waals surface area contributed by atoms with E-state index in [4.69, 9.17) is 0 Å². The topological polar surface area (TPSA) is 49.3 Å². The van der Waals surface area contributed by atoms with Gasteiger partial charge in [0.05, 0.1) is 11.5 Å². The Morgan fingerprint density at radius 2 is 1.94 bits per heavy atom. The molecule has 1 amide bonds. The van der Waals surface area contributed by atoms with Crippen LogP contribution < -0.4 is 5.32 Å². The summed E-state index contributed by atoms with van der Waals surface area (Å²) in [6.07, 6.45) is 0.996. The van der Waals surface area contributed by atoms with Crippen molar-refractivity contribution in [2.24, 2.45) is 0 Å². The van der Waals surface area contributed by atoms with Crippen molar-refractivity contribution in [1.82, 2.24) is 5.32 Å². The third-order valence-electron chi connectivity index (χ3n) is 3.30. The summed E-state index contributed by atoms with van der Waals surface area (Å²) in [7, 11) is 0. The second-order valence-corrected chi connectivity index (χ2v) is 5.10. The Hall–Kier alpha value is -1.35. The lowest BCUT2D eigenvalue weighted by Crippen LogP contribution is -2.41. The Morgan fingerprint density at radius 1 is 1.33 bits per heavy atom. The molecule has 1 rings (SSSR count). The standard InChI is InChI=1S/C15H23NO2/c1-4-13(17)10-11-16-14(18)15(2,3)12-8-6-5-7-9-12/h5-9,13,17H,4,10-11H2,1-3H3,(H,16,18). The molecule has 0 saturated heterocycles. The summed E-state index contributed by atoms with van der Waals surface area (Å²) in [5.74, 6) is -0.00277. The largest absolute Gasteiger partial charge is 0.393 e. The van der Waals surface area contributed by atoms with Gasteiger partial charge < -0.3 is 10.4 Å². The van der Waals surface area contributed by atoms with Crippen LogP contribution in [0, 0.1) is 0 Å². The molecule has 3 heteroatoms. The number of aliphatic hydroxyl groups is 1. The number of rotatable bonds is 6. The van der Waals surface area contributed by atoms with Crippen LogP contribution in [0.2, 0.25) is 0 Å². The lowest BCUT2D eigenvalue weighted by atomic mass is 9.84. The Morgan fingerprint density at radius 3 is 2.50 bits per heavy atom. The van der Waals surface area contributed by atoms with Crippen LogP contribution in [0.1, 0.15) is 39.2 Å². The summed E-state index contributed by atoms with van der Waals surface area (Å²) < 4.78 is 0. The van der Waals surface area contributed by atoms with Crippen LogP contribution >= 0.6 is 0 Å². The van der Waals surface area contributed by atoms with Crippen molar-refractivity contribution in [3.05, 3.63) is 35.9 Å². The van der Waals surface area contributed by atoms with Crippen molar-refractivity contribution in [2.75, 3.05) is 6.54 Å². The van der Waals surface area contributed by atoms with Gasteiger partial charge in [-0.3, -0.25) is 4.79 Å². The van der Waals surface area contributed by atoms with Gasteiger partial charge in [-0.05, 0) is 32.3 Å². The third kappa shape index (κ3) is 3.84. The van der Waals surface area contributed by atoms with E-state index in [1.165, 1.54) is 0 Å². The molecule has 3 nitrogen and oxygen atoms in total. The minimum atomic E-state index is -0.543. The molecule has 0 aliphatic carbocycles. The molecule has 2 N–H and O–H groups in total. The number of carbonyl (C=O) groups excluding carboxylic acids is 1. The second-order valence-electron chi connectivity index (χ2n) is 5.10. The fraction of sp³-hybridized carbons (Fsp3) is 0.533. The molecule has 1 unspecified atom stereocenters. The lowest BCUT2D eigenvalue weighted by Gasteiger charge is -2.24. The van der Waals surface area contributed by atoms with Crippen molar-refractivity contribution in [1.29, 1.82) is 0 Å². The molecule has 0 aromatic heterocycles. The van der Waals surface area contributed by atoms with E-state index >= 15 is 0 Å². The first-order valence-electron chi connectivity index (χ1n) is 6.50. The number of nitrogens with one attached hydrogen (secondary N) is 1. The van der Waals surface area contributed by atoms with Crippen LogP contribution in [-0.2, 0) is 10.2 Å². The van der Waals surface area contributed by atoms with Crippen molar-refractivity contribution in [2.45, 2.75) is 45.1 Å². The molecule has 1 atom stereocenters. The first kappa shape index (κ1) is 14.7. The first-order chi connectivity index (χ1) is 8.48. The average Bonchev–Trinajstić information content (AvgIpc) is 2.39. The van der Waals surface area contributed by atoms with Gasteiger partial charge >= 0.3 is 0 Å². The van der Waals surface area contributed by atoms with Gasteiger partial charge in [-0.1, -0.05) is 37.3 Å². The highest BCUT2D eigenvalue weighted by atomic mass is 16.3. The molecular weight excluding hydrogens is 226 g/mol. The molecule has 0 aliphatic rings. The average molecular weight is 249 g/mol. The summed E-state index contributed by atoms with van der Waals surface area (Å²) in [5.41, 5.74) is 0.455. The number of carbonyl (C=O) groups is 1. The van der Waals surface area contributed by atoms with E-state index in [-0.39, 0.29) is 12.0 Å². The van der Waals surface area contributed by atoms with E-state index in [0.29, 0.717) is 13.0 Å². The van der Waals surface area contributed by atoms with Crippen LogP contribution in [0.3, 0.4) is 0 Å². The maximum absolute atomic E-state index is 12.1. The summed E-state index contributed by atoms with van der Waals surface area (Å²) >= 11 is 0. The first-order valence-corrected chi connectivity index (χ1v) is 6.50. The minimum absolute atomic E-state index is 0.00277. The van der Waals surface area contributed by atoms with Crippen molar-refractivity contribution >= 4 is 5.91 Å². The van der Waals surface area contributed by atoms with Crippen molar-refractivity contribution in [3.63, 3.8) is 0 Å². The molecule has 0 heterocycles. The summed E-state index contributed by atoms with van der Waals surface area (Å²) in [5, 5.41) is 12.3. The van der Waals surface area contributed by atoms with Crippen LogP contribution in [0.4, 0.5) is 0 Å². The fourth-order valence-electron chi connectivity index (χ4n) is 1.76. The highest BCUT2D eigenvalue weighted by molar-refractivity contribution is 5.87. The van der Waals surface area contributed by atoms with Crippen LogP contribution in [-0.4, -0.2) is 23.7 Å². The summed E-state index contributed by atoms with van der Waals surface area (Å²) in [6, 6.07) is 9.73. The van der Waals surface area contributed by atoms with Gasteiger partial charge in [-0.15, -0.1) is 0 Å². The predicted octanol–water partition coefficient (Wildman–Crippen LogP) is 2.24. The molecule has 1 aromatic carbocycles. The maximum Gasteiger partial charge on any atom is 0.230 e. The highest BCUT2D eigenvalue weighted by Gasteiger charge is 2.29. The van der Waals surface area contributed by atoms with E-state index < -0.39 is 5.41 Å². The fourth-order valence-corrected chi connectivity index (χ4v) is 1.76. The monoisotopic (exact) mass is 249 g/mol. The van der Waals surface area contributed by atoms with Crippen LogP contribution in [0.5, 0.6) is 0 Å². The van der Waals surface area contributed by atoms with Gasteiger partial charge in [-0.25, -0.2) is 0 Å². The van der Waals surface area contributed by atoms with Gasteiger partial charge in [0, 0.05) is 6.54 Å². The number of aliphatic hydroxyl groups excluding tert-OH is 1. The molecule has 0 spiro atoms. The van der Waals surface area contributed by atoms with E-state index in [1.807, 2.05) is 51.1 Å². The van der Waals surface area contributed by atoms with E-state index in [9.17, 15) is 9.90 Å². The molecular formula is C15H23NO2. The number of hydrogen-bond donors (Lipinski definition) is 2. The van der Waals surface area contributed by atoms with Crippen molar-refractivity contribution < 1.29 is 9.90 Å². The third-order valence-corrected chi connectivity index (χ3v) is 3.30. The van der Waals surface area contributed by atoms with Gasteiger partial charge in [0.2, 0.25) is 5.91 Å². The van der Waals surface area contributed by atoms with E-state index in [1.54, 1.807) is 0 Å². The molecule has 100 valence electrons. The van der Waals surface area contributed by atoms with E-state index in [2.05, 4.69) is 5.32 Å². The van der Waals surface area contributed by atoms with Gasteiger partial charge in [0.25, 0.3) is 0 Å². The molecule has 1 aromatic rings. The van der Waals surface area contributed by atoms with Gasteiger partial charge in [0.15, 0.2) is 0 Å². The SMILES string of the molecule is CCC(O)CCNC(=O)C(C)(C)c1ccccc1. The summed E-state index contributed by atoms with van der Waals surface area (Å²) in [6.45, 7) is 6.27. The minimum Gasteiger partial charge on any atom is -0.393 e. The molecule has 0 aliphatic heterocycles. The molecule has 0 fully saturated rings. The lowest BCUT2D eigenvalue weighted by molar-refractivity contribution is -0.125. The Labute approximate surface area is 109 Å². The normalized spacial score (nSPS) is 13.1. The quantitative estimate of drug-likeness (QED) is 0.812. The smallest absolute Gasteiger partial charge is 0.230 e. The molecule has 0 bridgehead atoms. The second kappa shape index (κ2) is 6.55. The summed E-state index contributed by atoms with van der Waals surface area (Å²) in [4.78, 5) is 12.1. The predicted molar refractivity (Wildman–Crippen MR) is 73.4 cm³/mol. The zero-order valence-electron chi connectivity index (χ0n) is 11.4. The molecule has 18 heavy (non-hydrogen) atoms. The van der Waals surface area contributed by atoms with Crippen molar-refractivity contribution in [3.8, 4) is 0 Å². The molecule has 0 radical (unpaired) electrons. The van der Waals surface area contributed by atoms with Gasteiger partial charge in [0.1, 0.15) is 0 Å². The number of amides is 1. The Bertz CT molecular complexity index is 373.